The van der Waals surface area contributed by atoms with Gasteiger partial charge < -0.3 is 14.7 Å². The minimum Gasteiger partial charge on any atom is -0.490 e. The van der Waals surface area contributed by atoms with E-state index in [9.17, 15) is 9.59 Å². The average molecular weight is 349 g/mol. The summed E-state index contributed by atoms with van der Waals surface area (Å²) >= 11 is 1.70. The van der Waals surface area contributed by atoms with Crippen molar-refractivity contribution in [3.05, 3.63) is 29.8 Å². The van der Waals surface area contributed by atoms with E-state index in [-0.39, 0.29) is 24.5 Å². The number of thioether (sulfide) groups is 1. The lowest BCUT2D eigenvalue weighted by Crippen LogP contribution is -2.47. The van der Waals surface area contributed by atoms with Crippen molar-refractivity contribution >= 4 is 23.6 Å². The largest absolute Gasteiger partial charge is 0.490 e. The minimum atomic E-state index is -0.862. The fourth-order valence-electron chi connectivity index (χ4n) is 3.36. The molecule has 24 heavy (non-hydrogen) atoms. The summed E-state index contributed by atoms with van der Waals surface area (Å²) in [6.07, 6.45) is 4.79. The van der Waals surface area contributed by atoms with Crippen LogP contribution in [0.2, 0.25) is 0 Å². The van der Waals surface area contributed by atoms with Gasteiger partial charge in [0.05, 0.1) is 18.6 Å². The summed E-state index contributed by atoms with van der Waals surface area (Å²) in [6, 6.07) is 7.05. The summed E-state index contributed by atoms with van der Waals surface area (Å²) in [4.78, 5) is 25.6. The zero-order valence-corrected chi connectivity index (χ0v) is 14.5. The Hall–Kier alpha value is -1.69. The molecular weight excluding hydrogens is 326 g/mol. The number of carboxylic acid groups (broad SMARTS) is 1. The van der Waals surface area contributed by atoms with Gasteiger partial charge in [0.15, 0.2) is 0 Å². The molecule has 0 radical (unpaired) electrons. The second-order valence-electron chi connectivity index (χ2n) is 6.38. The Morgan fingerprint density at radius 3 is 2.83 bits per heavy atom. The topological polar surface area (TPSA) is 66.8 Å². The number of aliphatic carboxylic acids is 1. The fraction of sp³-hybridized carbons (Fsp3) is 0.556. The number of benzene rings is 1. The lowest BCUT2D eigenvalue weighted by molar-refractivity contribution is -0.138. The molecule has 1 N–H and O–H groups in total. The molecule has 5 nitrogen and oxygen atoms in total. The number of ether oxygens (including phenoxy) is 1. The molecule has 1 unspecified atom stereocenters. The smallest absolute Gasteiger partial charge is 0.305 e. The van der Waals surface area contributed by atoms with Crippen LogP contribution in [0.5, 0.6) is 5.75 Å². The van der Waals surface area contributed by atoms with Crippen molar-refractivity contribution in [3.63, 3.8) is 0 Å². The summed E-state index contributed by atoms with van der Waals surface area (Å²) < 4.78 is 5.98. The first kappa shape index (κ1) is 17.1. The van der Waals surface area contributed by atoms with E-state index in [1.54, 1.807) is 28.8 Å². The maximum absolute atomic E-state index is 12.8. The normalized spacial score (nSPS) is 21.7. The molecule has 1 amide bonds. The van der Waals surface area contributed by atoms with Gasteiger partial charge in [-0.1, -0.05) is 6.07 Å². The number of rotatable bonds is 5. The van der Waals surface area contributed by atoms with Gasteiger partial charge in [-0.2, -0.15) is 11.8 Å². The molecule has 0 spiro atoms. The van der Waals surface area contributed by atoms with Gasteiger partial charge in [0, 0.05) is 23.6 Å². The van der Waals surface area contributed by atoms with Crippen LogP contribution >= 0.6 is 11.8 Å². The molecule has 3 rings (SSSR count). The highest BCUT2D eigenvalue weighted by Crippen LogP contribution is 2.26. The van der Waals surface area contributed by atoms with E-state index in [0.29, 0.717) is 17.9 Å². The first-order chi connectivity index (χ1) is 11.6. The second kappa shape index (κ2) is 7.92. The monoisotopic (exact) mass is 349 g/mol. The van der Waals surface area contributed by atoms with Gasteiger partial charge in [0.1, 0.15) is 5.75 Å². The number of carbonyl (C=O) groups is 2. The number of carbonyl (C=O) groups excluding carboxylic acids is 1. The van der Waals surface area contributed by atoms with Crippen molar-refractivity contribution in [1.82, 2.24) is 4.90 Å². The molecule has 1 heterocycles. The molecule has 130 valence electrons. The van der Waals surface area contributed by atoms with Crippen molar-refractivity contribution in [3.8, 4) is 5.75 Å². The van der Waals surface area contributed by atoms with Crippen molar-refractivity contribution in [2.75, 3.05) is 18.1 Å². The van der Waals surface area contributed by atoms with Crippen LogP contribution < -0.4 is 4.74 Å². The van der Waals surface area contributed by atoms with Gasteiger partial charge in [-0.3, -0.25) is 9.59 Å². The van der Waals surface area contributed by atoms with E-state index in [1.807, 2.05) is 12.1 Å². The summed E-state index contributed by atoms with van der Waals surface area (Å²) in [7, 11) is 0. The quantitative estimate of drug-likeness (QED) is 0.885. The summed E-state index contributed by atoms with van der Waals surface area (Å²) in [5, 5.41) is 9.07. The highest BCUT2D eigenvalue weighted by Gasteiger charge is 2.29. The van der Waals surface area contributed by atoms with E-state index >= 15 is 0 Å². The van der Waals surface area contributed by atoms with Gasteiger partial charge in [0.2, 0.25) is 0 Å². The van der Waals surface area contributed by atoms with Crippen LogP contribution in [-0.4, -0.2) is 52.1 Å². The Morgan fingerprint density at radius 2 is 2.08 bits per heavy atom. The SMILES string of the molecule is O=C(O)CC1CSCCN1C(=O)c1cccc(OC2CCCC2)c1. The number of carboxylic acids is 1. The molecule has 1 aromatic carbocycles. The molecule has 1 saturated carbocycles. The number of amides is 1. The van der Waals surface area contributed by atoms with Gasteiger partial charge >= 0.3 is 5.97 Å². The van der Waals surface area contributed by atoms with E-state index in [2.05, 4.69) is 0 Å². The fourth-order valence-corrected chi connectivity index (χ4v) is 4.42. The molecule has 0 aromatic heterocycles. The predicted molar refractivity (Wildman–Crippen MR) is 93.7 cm³/mol. The molecule has 2 fully saturated rings. The maximum Gasteiger partial charge on any atom is 0.305 e. The Morgan fingerprint density at radius 1 is 1.29 bits per heavy atom. The zero-order chi connectivity index (χ0) is 16.9. The third-order valence-electron chi connectivity index (χ3n) is 4.58. The van der Waals surface area contributed by atoms with Crippen LogP contribution in [0, 0.1) is 0 Å². The molecule has 2 aliphatic rings. The molecular formula is C18H23NO4S. The van der Waals surface area contributed by atoms with Gasteiger partial charge in [-0.15, -0.1) is 0 Å². The van der Waals surface area contributed by atoms with E-state index in [1.165, 1.54) is 12.8 Å². The lowest BCUT2D eigenvalue weighted by Gasteiger charge is -2.34. The Bertz CT molecular complexity index is 600. The van der Waals surface area contributed by atoms with E-state index in [4.69, 9.17) is 9.84 Å². The Kier molecular flexibility index (Phi) is 5.66. The van der Waals surface area contributed by atoms with Crippen LogP contribution in [0.3, 0.4) is 0 Å². The van der Waals surface area contributed by atoms with Crippen molar-refractivity contribution in [2.45, 2.75) is 44.2 Å². The van der Waals surface area contributed by atoms with Crippen LogP contribution in [-0.2, 0) is 4.79 Å². The van der Waals surface area contributed by atoms with Crippen LogP contribution in [0.4, 0.5) is 0 Å². The summed E-state index contributed by atoms with van der Waals surface area (Å²) in [6.45, 7) is 0.592. The molecule has 0 bridgehead atoms. The van der Waals surface area contributed by atoms with Gasteiger partial charge in [0.25, 0.3) is 5.91 Å². The highest BCUT2D eigenvalue weighted by atomic mass is 32.2. The van der Waals surface area contributed by atoms with Gasteiger partial charge in [-0.25, -0.2) is 0 Å². The Balaban J connectivity index is 1.71. The van der Waals surface area contributed by atoms with Crippen LogP contribution in [0.15, 0.2) is 24.3 Å². The molecule has 1 saturated heterocycles. The first-order valence-electron chi connectivity index (χ1n) is 8.50. The number of hydrogen-bond donors (Lipinski definition) is 1. The molecule has 1 aliphatic carbocycles. The zero-order valence-electron chi connectivity index (χ0n) is 13.6. The first-order valence-corrected chi connectivity index (χ1v) is 9.66. The number of nitrogens with zero attached hydrogens (tertiary/aromatic N) is 1. The molecule has 1 aliphatic heterocycles. The van der Waals surface area contributed by atoms with Gasteiger partial charge in [-0.05, 0) is 43.9 Å². The molecule has 6 heteroatoms. The second-order valence-corrected chi connectivity index (χ2v) is 7.53. The summed E-state index contributed by atoms with van der Waals surface area (Å²) in [5.74, 6) is 1.29. The molecule has 1 aromatic rings. The van der Waals surface area contributed by atoms with Crippen LogP contribution in [0.1, 0.15) is 42.5 Å². The van der Waals surface area contributed by atoms with Crippen molar-refractivity contribution in [2.24, 2.45) is 0 Å². The predicted octanol–water partition coefficient (Wildman–Crippen LogP) is 3.04. The third-order valence-corrected chi connectivity index (χ3v) is 5.68. The van der Waals surface area contributed by atoms with Crippen molar-refractivity contribution in [1.29, 1.82) is 0 Å². The average Bonchev–Trinajstić information content (AvgIpc) is 3.07. The molecule has 1 atom stereocenters. The van der Waals surface area contributed by atoms with Crippen molar-refractivity contribution < 1.29 is 19.4 Å². The maximum atomic E-state index is 12.8. The lowest BCUT2D eigenvalue weighted by atomic mass is 10.1. The summed E-state index contributed by atoms with van der Waals surface area (Å²) in [5.41, 5.74) is 0.577. The van der Waals surface area contributed by atoms with E-state index in [0.717, 1.165) is 24.3 Å². The van der Waals surface area contributed by atoms with Crippen LogP contribution in [0.25, 0.3) is 0 Å². The third kappa shape index (κ3) is 4.23. The highest BCUT2D eigenvalue weighted by molar-refractivity contribution is 7.99. The standard InChI is InChI=1S/C18H23NO4S/c20-17(21)11-14-12-24-9-8-19(14)18(22)13-4-3-7-16(10-13)23-15-5-1-2-6-15/h3-4,7,10,14-15H,1-2,5-6,8-9,11-12H2,(H,20,21). The Labute approximate surface area is 146 Å². The number of hydrogen-bond acceptors (Lipinski definition) is 4. The minimum absolute atomic E-state index is 0.00297. The van der Waals surface area contributed by atoms with E-state index < -0.39 is 5.97 Å².